The van der Waals surface area contributed by atoms with E-state index in [1.165, 1.54) is 25.1 Å². The number of sulfonamides is 1. The van der Waals surface area contributed by atoms with Gasteiger partial charge in [-0.1, -0.05) is 31.0 Å². The molecule has 0 heterocycles. The zero-order valence-corrected chi connectivity index (χ0v) is 28.1. The highest BCUT2D eigenvalue weighted by Crippen LogP contribution is 2.23. The summed E-state index contributed by atoms with van der Waals surface area (Å²) >= 11 is 0. The number of unbranched alkanes of at least 4 members (excludes halogenated alkanes) is 4. The summed E-state index contributed by atoms with van der Waals surface area (Å²) in [5.41, 5.74) is 2.75. The lowest BCUT2D eigenvalue weighted by molar-refractivity contribution is -0.144. The Morgan fingerprint density at radius 2 is 1.58 bits per heavy atom. The Morgan fingerprint density at radius 1 is 0.875 bits per heavy atom. The van der Waals surface area contributed by atoms with E-state index >= 15 is 0 Å². The monoisotopic (exact) mass is 685 g/mol. The number of anilines is 2. The molecule has 6 N–H and O–H groups in total. The average Bonchev–Trinajstić information content (AvgIpc) is 3.07. The van der Waals surface area contributed by atoms with Crippen LogP contribution in [0, 0.1) is 0 Å². The van der Waals surface area contributed by atoms with Crippen LogP contribution >= 0.6 is 0 Å². The van der Waals surface area contributed by atoms with Crippen molar-refractivity contribution in [2.24, 2.45) is 0 Å². The maximum absolute atomic E-state index is 13.0. The van der Waals surface area contributed by atoms with E-state index in [0.29, 0.717) is 42.3 Å². The number of ether oxygens (including phenoxy) is 2. The topological polar surface area (TPSA) is 184 Å². The van der Waals surface area contributed by atoms with Gasteiger partial charge in [-0.25, -0.2) is 8.42 Å². The van der Waals surface area contributed by atoms with Crippen LogP contribution in [0.25, 0.3) is 0 Å². The Labute approximate surface area is 282 Å². The largest absolute Gasteiger partial charge is 0.508 e. The van der Waals surface area contributed by atoms with Crippen molar-refractivity contribution < 1.29 is 42.8 Å². The Kier molecular flexibility index (Phi) is 16.3. The number of aryl methyl sites for hydroxylation is 1. The number of esters is 1. The predicted molar refractivity (Wildman–Crippen MR) is 183 cm³/mol. The van der Waals surface area contributed by atoms with Crippen molar-refractivity contribution in [1.82, 2.24) is 5.32 Å². The molecule has 0 unspecified atom stereocenters. The molecule has 13 heteroatoms. The number of aromatic hydroxyl groups is 1. The number of rotatable bonds is 22. The Balaban J connectivity index is 1.24. The number of amides is 1. The summed E-state index contributed by atoms with van der Waals surface area (Å²) in [7, 11) is -3.81. The van der Waals surface area contributed by atoms with Crippen molar-refractivity contribution in [3.8, 4) is 5.75 Å². The summed E-state index contributed by atoms with van der Waals surface area (Å²) in [5.74, 6) is -1.04. The number of benzene rings is 3. The lowest BCUT2D eigenvalue weighted by Crippen LogP contribution is -2.22. The summed E-state index contributed by atoms with van der Waals surface area (Å²) < 4.78 is 38.9. The molecule has 12 nitrogen and oxygen atoms in total. The smallest absolute Gasteiger partial charge is 0.303 e. The van der Waals surface area contributed by atoms with Gasteiger partial charge in [0.15, 0.2) is 6.61 Å². The van der Waals surface area contributed by atoms with Crippen LogP contribution < -0.4 is 15.4 Å². The molecule has 0 radical (unpaired) electrons. The van der Waals surface area contributed by atoms with Crippen molar-refractivity contribution in [3.05, 3.63) is 83.4 Å². The van der Waals surface area contributed by atoms with Crippen molar-refractivity contribution >= 4 is 33.3 Å². The van der Waals surface area contributed by atoms with Crippen LogP contribution in [0.5, 0.6) is 5.75 Å². The lowest BCUT2D eigenvalue weighted by Gasteiger charge is -2.14. The minimum atomic E-state index is -3.81. The molecule has 0 spiro atoms. The van der Waals surface area contributed by atoms with Gasteiger partial charge in [0.25, 0.3) is 15.9 Å². The molecule has 1 atom stereocenters. The molecule has 3 aromatic carbocycles. The van der Waals surface area contributed by atoms with Crippen LogP contribution in [-0.2, 0) is 42.1 Å². The number of hydrogen-bond acceptors (Lipinski definition) is 10. The second-order valence-electron chi connectivity index (χ2n) is 11.4. The number of hydrogen-bond donors (Lipinski definition) is 6. The zero-order chi connectivity index (χ0) is 34.8. The van der Waals surface area contributed by atoms with Gasteiger partial charge in [0, 0.05) is 43.6 Å². The van der Waals surface area contributed by atoms with Crippen molar-refractivity contribution in [3.63, 3.8) is 0 Å². The van der Waals surface area contributed by atoms with Gasteiger partial charge >= 0.3 is 5.97 Å². The van der Waals surface area contributed by atoms with E-state index in [4.69, 9.17) is 4.74 Å². The minimum Gasteiger partial charge on any atom is -0.508 e. The first-order valence-electron chi connectivity index (χ1n) is 16.1. The van der Waals surface area contributed by atoms with E-state index in [0.717, 1.165) is 57.1 Å². The molecular weight excluding hydrogens is 638 g/mol. The van der Waals surface area contributed by atoms with Crippen LogP contribution in [-0.4, -0.2) is 68.5 Å². The normalized spacial score (nSPS) is 12.0. The third kappa shape index (κ3) is 14.0. The first kappa shape index (κ1) is 38.4. The molecule has 48 heavy (non-hydrogen) atoms. The molecule has 0 saturated carbocycles. The average molecular weight is 686 g/mol. The number of carbonyl (C=O) groups is 2. The highest BCUT2D eigenvalue weighted by molar-refractivity contribution is 7.92. The highest BCUT2D eigenvalue weighted by atomic mass is 32.2. The zero-order valence-electron chi connectivity index (χ0n) is 27.3. The predicted octanol–water partition coefficient (Wildman–Crippen LogP) is 4.41. The van der Waals surface area contributed by atoms with E-state index < -0.39 is 34.6 Å². The van der Waals surface area contributed by atoms with E-state index in [-0.39, 0.29) is 17.3 Å². The van der Waals surface area contributed by atoms with Gasteiger partial charge in [-0.15, -0.1) is 0 Å². The fraction of sp³-hybridized carbons (Fsp3) is 0.429. The molecule has 0 aliphatic rings. The third-order valence-corrected chi connectivity index (χ3v) is 8.81. The summed E-state index contributed by atoms with van der Waals surface area (Å²) in [4.78, 5) is 22.8. The van der Waals surface area contributed by atoms with Crippen molar-refractivity contribution in [2.75, 3.05) is 42.9 Å². The standard InChI is InChI=1S/C35H47N3O9S/c1-26(40)47-25-35(43)37-30-13-15-31(16-14-30)38-48(44,45)32-11-8-10-27(21-32)9-4-7-20-46-19-6-3-2-5-18-36-23-34(42)28-12-17-33(41)29(22-28)24-39/h8,10-17,21-22,34,36,38-39,41-42H,2-7,9,18-20,23-25H2,1H3,(H,37,43)/t34-/m1/s1. The molecule has 0 bridgehead atoms. The van der Waals surface area contributed by atoms with Crippen LogP contribution in [0.1, 0.15) is 68.2 Å². The molecule has 3 rings (SSSR count). The molecule has 0 aliphatic heterocycles. The summed E-state index contributed by atoms with van der Waals surface area (Å²) in [6.45, 7) is 3.06. The van der Waals surface area contributed by atoms with Gasteiger partial charge in [-0.2, -0.15) is 0 Å². The number of aliphatic hydroxyl groups is 2. The van der Waals surface area contributed by atoms with Crippen LogP contribution in [0.3, 0.4) is 0 Å². The third-order valence-electron chi connectivity index (χ3n) is 7.43. The molecule has 1 amide bonds. The number of nitrogens with one attached hydrogen (secondary N) is 3. The minimum absolute atomic E-state index is 0.0179. The SMILES string of the molecule is CC(=O)OCC(=O)Nc1ccc(NS(=O)(=O)c2cccc(CCCCOCCCCCCNC[C@@H](O)c3ccc(O)c(CO)c3)c2)cc1. The first-order valence-corrected chi connectivity index (χ1v) is 17.6. The number of aliphatic hydroxyl groups excluding tert-OH is 2. The van der Waals surface area contributed by atoms with Crippen molar-refractivity contribution in [2.45, 2.75) is 69.5 Å². The second-order valence-corrected chi connectivity index (χ2v) is 13.1. The van der Waals surface area contributed by atoms with Gasteiger partial charge in [0.2, 0.25) is 0 Å². The fourth-order valence-corrected chi connectivity index (χ4v) is 5.94. The summed E-state index contributed by atoms with van der Waals surface area (Å²) in [6.07, 6.45) is 5.82. The maximum atomic E-state index is 13.0. The van der Waals surface area contributed by atoms with Gasteiger partial charge in [-0.05, 0) is 98.3 Å². The molecule has 0 fully saturated rings. The molecule has 0 aromatic heterocycles. The Hall–Kier alpha value is -4.01. The first-order chi connectivity index (χ1) is 23.1. The van der Waals surface area contributed by atoms with E-state index in [2.05, 4.69) is 20.1 Å². The summed E-state index contributed by atoms with van der Waals surface area (Å²) in [6, 6.07) is 17.7. The molecule has 0 saturated heterocycles. The fourth-order valence-electron chi connectivity index (χ4n) is 4.81. The number of carbonyl (C=O) groups excluding carboxylic acids is 2. The molecular formula is C35H47N3O9S. The van der Waals surface area contributed by atoms with Gasteiger partial charge in [0.05, 0.1) is 17.6 Å². The van der Waals surface area contributed by atoms with Gasteiger partial charge < -0.3 is 35.4 Å². The van der Waals surface area contributed by atoms with Crippen LogP contribution in [0.4, 0.5) is 11.4 Å². The molecule has 262 valence electrons. The quantitative estimate of drug-likeness (QED) is 0.0654. The van der Waals surface area contributed by atoms with Gasteiger partial charge in [-0.3, -0.25) is 14.3 Å². The Morgan fingerprint density at radius 3 is 2.31 bits per heavy atom. The number of phenols is 1. The lowest BCUT2D eigenvalue weighted by atomic mass is 10.1. The van der Waals surface area contributed by atoms with Crippen LogP contribution in [0.2, 0.25) is 0 Å². The Bertz CT molecular complexity index is 1550. The maximum Gasteiger partial charge on any atom is 0.303 e. The van der Waals surface area contributed by atoms with Crippen LogP contribution in [0.15, 0.2) is 71.6 Å². The molecule has 3 aromatic rings. The summed E-state index contributed by atoms with van der Waals surface area (Å²) in [5, 5.41) is 35.0. The second kappa shape index (κ2) is 20.4. The van der Waals surface area contributed by atoms with Crippen molar-refractivity contribution in [1.29, 1.82) is 0 Å². The van der Waals surface area contributed by atoms with E-state index in [1.807, 2.05) is 6.07 Å². The highest BCUT2D eigenvalue weighted by Gasteiger charge is 2.15. The van der Waals surface area contributed by atoms with E-state index in [1.54, 1.807) is 42.5 Å². The van der Waals surface area contributed by atoms with Gasteiger partial charge in [0.1, 0.15) is 5.75 Å². The molecule has 0 aliphatic carbocycles. The van der Waals surface area contributed by atoms with E-state index in [9.17, 15) is 33.3 Å².